The molecule has 0 aromatic heterocycles. The maximum absolute atomic E-state index is 11.5. The van der Waals surface area contributed by atoms with Gasteiger partial charge in [0.1, 0.15) is 0 Å². The molecule has 0 saturated heterocycles. The number of esters is 1. The molecule has 0 spiro atoms. The number of methoxy groups -OCH3 is 1. The fourth-order valence-electron chi connectivity index (χ4n) is 1.36. The lowest BCUT2D eigenvalue weighted by atomic mass is 10.1. The maximum atomic E-state index is 11.5. The second-order valence-electron chi connectivity index (χ2n) is 3.29. The van der Waals surface area contributed by atoms with Crippen LogP contribution in [0.4, 0.5) is 5.69 Å². The first-order chi connectivity index (χ1) is 8.72. The van der Waals surface area contributed by atoms with Crippen LogP contribution in [0.25, 0.3) is 16.5 Å². The van der Waals surface area contributed by atoms with Gasteiger partial charge in [-0.3, -0.25) is 0 Å². The molecule has 0 saturated carbocycles. The molecule has 0 aliphatic carbocycles. The number of ether oxygens (including phenoxy) is 1. The summed E-state index contributed by atoms with van der Waals surface area (Å²) in [7, 11) is 1.28. The molecule has 0 atom stereocenters. The fraction of sp³-hybridized carbons (Fsp3) is 0.154. The van der Waals surface area contributed by atoms with Gasteiger partial charge in [-0.05, 0) is 17.2 Å². The number of terminal acetylenes is 1. The van der Waals surface area contributed by atoms with Crippen LogP contribution in [0.15, 0.2) is 35.0 Å². The minimum Gasteiger partial charge on any atom is -0.466 e. The van der Waals surface area contributed by atoms with Crippen molar-refractivity contribution in [1.29, 1.82) is 0 Å². The Morgan fingerprint density at radius 3 is 2.94 bits per heavy atom. The van der Waals surface area contributed by atoms with Crippen LogP contribution in [-0.2, 0) is 9.53 Å². The molecule has 0 bridgehead atoms. The molecule has 1 aromatic carbocycles. The van der Waals surface area contributed by atoms with Gasteiger partial charge in [0.15, 0.2) is 0 Å². The lowest BCUT2D eigenvalue weighted by molar-refractivity contribution is -0.136. The van der Waals surface area contributed by atoms with Crippen LogP contribution in [0.5, 0.6) is 0 Å². The van der Waals surface area contributed by atoms with Gasteiger partial charge < -0.3 is 4.74 Å². The number of rotatable bonds is 4. The highest BCUT2D eigenvalue weighted by atomic mass is 16.5. The van der Waals surface area contributed by atoms with Gasteiger partial charge in [-0.25, -0.2) is 4.79 Å². The molecule has 90 valence electrons. The molecule has 5 heteroatoms. The van der Waals surface area contributed by atoms with E-state index in [2.05, 4.69) is 20.7 Å². The third-order valence-electron chi connectivity index (χ3n) is 2.16. The molecule has 0 heterocycles. The SMILES string of the molecule is C#CC/C(=C\c1ccccc1N=[N+]=[N-])C(=O)OC. The van der Waals surface area contributed by atoms with E-state index in [4.69, 9.17) is 12.0 Å². The molecule has 0 radical (unpaired) electrons. The Balaban J connectivity index is 3.24. The Morgan fingerprint density at radius 1 is 1.61 bits per heavy atom. The Labute approximate surface area is 105 Å². The van der Waals surface area contributed by atoms with Crippen molar-refractivity contribution in [2.45, 2.75) is 6.42 Å². The smallest absolute Gasteiger partial charge is 0.334 e. The van der Waals surface area contributed by atoms with E-state index >= 15 is 0 Å². The van der Waals surface area contributed by atoms with Crippen LogP contribution in [-0.4, -0.2) is 13.1 Å². The number of carbonyl (C=O) groups excluding carboxylic acids is 1. The molecule has 1 rings (SSSR count). The third kappa shape index (κ3) is 3.41. The highest BCUT2D eigenvalue weighted by Gasteiger charge is 2.09. The summed E-state index contributed by atoms with van der Waals surface area (Å²) in [6.45, 7) is 0. The van der Waals surface area contributed by atoms with Gasteiger partial charge in [0.25, 0.3) is 0 Å². The van der Waals surface area contributed by atoms with Crippen molar-refractivity contribution in [3.63, 3.8) is 0 Å². The quantitative estimate of drug-likeness (QED) is 0.203. The van der Waals surface area contributed by atoms with E-state index in [0.717, 1.165) is 0 Å². The van der Waals surface area contributed by atoms with Gasteiger partial charge in [0.05, 0.1) is 7.11 Å². The lowest BCUT2D eigenvalue weighted by Gasteiger charge is -2.03. The molecule has 0 amide bonds. The Kier molecular flexibility index (Phi) is 5.04. The highest BCUT2D eigenvalue weighted by Crippen LogP contribution is 2.22. The predicted molar refractivity (Wildman–Crippen MR) is 68.7 cm³/mol. The van der Waals surface area contributed by atoms with Gasteiger partial charge in [-0.15, -0.1) is 12.3 Å². The summed E-state index contributed by atoms with van der Waals surface area (Å²) in [4.78, 5) is 14.2. The summed E-state index contributed by atoms with van der Waals surface area (Å²) in [5, 5.41) is 3.54. The summed E-state index contributed by atoms with van der Waals surface area (Å²) < 4.78 is 4.63. The molecule has 1 aromatic rings. The first kappa shape index (κ1) is 13.4. The van der Waals surface area contributed by atoms with E-state index in [1.807, 2.05) is 0 Å². The lowest BCUT2D eigenvalue weighted by Crippen LogP contribution is -2.04. The van der Waals surface area contributed by atoms with Crippen molar-refractivity contribution in [2.24, 2.45) is 5.11 Å². The zero-order chi connectivity index (χ0) is 13.4. The Hall–Kier alpha value is -2.70. The number of hydrogen-bond donors (Lipinski definition) is 0. The van der Waals surface area contributed by atoms with Gasteiger partial charge in [-0.2, -0.15) is 0 Å². The van der Waals surface area contributed by atoms with Crippen LogP contribution in [0.2, 0.25) is 0 Å². The molecular weight excluding hydrogens is 230 g/mol. The third-order valence-corrected chi connectivity index (χ3v) is 2.16. The summed E-state index contributed by atoms with van der Waals surface area (Å²) in [6.07, 6.45) is 6.91. The summed E-state index contributed by atoms with van der Waals surface area (Å²) in [5.41, 5.74) is 9.83. The van der Waals surface area contributed by atoms with E-state index in [-0.39, 0.29) is 6.42 Å². The Morgan fingerprint density at radius 2 is 2.33 bits per heavy atom. The van der Waals surface area contributed by atoms with E-state index in [9.17, 15) is 4.79 Å². The van der Waals surface area contributed by atoms with Crippen molar-refractivity contribution in [1.82, 2.24) is 0 Å². The number of hydrogen-bond acceptors (Lipinski definition) is 3. The topological polar surface area (TPSA) is 75.1 Å². The standard InChI is InChI=1S/C13H11N3O2/c1-3-6-11(13(17)18-2)9-10-7-4-5-8-12(10)15-16-14/h1,4-5,7-9H,6H2,2H3/b11-9+. The maximum Gasteiger partial charge on any atom is 0.334 e. The zero-order valence-corrected chi connectivity index (χ0v) is 9.83. The largest absolute Gasteiger partial charge is 0.466 e. The van der Waals surface area contributed by atoms with Gasteiger partial charge in [0, 0.05) is 22.6 Å². The predicted octanol–water partition coefficient (Wildman–Crippen LogP) is 3.21. The van der Waals surface area contributed by atoms with Gasteiger partial charge in [-0.1, -0.05) is 29.4 Å². The molecule has 0 aliphatic heterocycles. The van der Waals surface area contributed by atoms with Crippen molar-refractivity contribution in [2.75, 3.05) is 7.11 Å². The minimum absolute atomic E-state index is 0.150. The average Bonchev–Trinajstić information content (AvgIpc) is 2.39. The monoisotopic (exact) mass is 241 g/mol. The molecule has 0 fully saturated rings. The van der Waals surface area contributed by atoms with E-state index in [1.165, 1.54) is 7.11 Å². The second kappa shape index (κ2) is 6.79. The van der Waals surface area contributed by atoms with E-state index < -0.39 is 5.97 Å². The summed E-state index contributed by atoms with van der Waals surface area (Å²) in [5.74, 6) is 1.89. The van der Waals surface area contributed by atoms with Crippen LogP contribution in [0.1, 0.15) is 12.0 Å². The molecule has 0 N–H and O–H groups in total. The van der Waals surface area contributed by atoms with E-state index in [1.54, 1.807) is 30.3 Å². The van der Waals surface area contributed by atoms with Gasteiger partial charge in [0.2, 0.25) is 0 Å². The first-order valence-corrected chi connectivity index (χ1v) is 5.09. The van der Waals surface area contributed by atoms with Crippen molar-refractivity contribution < 1.29 is 9.53 Å². The summed E-state index contributed by atoms with van der Waals surface area (Å²) >= 11 is 0. The summed E-state index contributed by atoms with van der Waals surface area (Å²) in [6, 6.07) is 6.88. The first-order valence-electron chi connectivity index (χ1n) is 5.09. The fourth-order valence-corrected chi connectivity index (χ4v) is 1.36. The normalized spacial score (nSPS) is 10.1. The number of benzene rings is 1. The second-order valence-corrected chi connectivity index (χ2v) is 3.29. The number of nitrogens with zero attached hydrogens (tertiary/aromatic N) is 3. The minimum atomic E-state index is -0.497. The van der Waals surface area contributed by atoms with Crippen LogP contribution in [0, 0.1) is 12.3 Å². The molecular formula is C13H11N3O2. The molecule has 5 nitrogen and oxygen atoms in total. The van der Waals surface area contributed by atoms with Crippen LogP contribution in [0.3, 0.4) is 0 Å². The number of carbonyl (C=O) groups is 1. The van der Waals surface area contributed by atoms with Crippen molar-refractivity contribution in [3.8, 4) is 12.3 Å². The molecule has 18 heavy (non-hydrogen) atoms. The Bertz CT molecular complexity index is 564. The van der Waals surface area contributed by atoms with E-state index in [0.29, 0.717) is 16.8 Å². The van der Waals surface area contributed by atoms with Crippen molar-refractivity contribution >= 4 is 17.7 Å². The average molecular weight is 241 g/mol. The molecule has 0 aliphatic rings. The van der Waals surface area contributed by atoms with Crippen molar-refractivity contribution in [3.05, 3.63) is 45.8 Å². The van der Waals surface area contributed by atoms with Gasteiger partial charge >= 0.3 is 5.97 Å². The number of azide groups is 1. The van der Waals surface area contributed by atoms with Crippen LogP contribution < -0.4 is 0 Å². The highest BCUT2D eigenvalue weighted by molar-refractivity contribution is 5.94. The van der Waals surface area contributed by atoms with Crippen LogP contribution >= 0.6 is 0 Å². The molecule has 0 unspecified atom stereocenters. The zero-order valence-electron chi connectivity index (χ0n) is 9.83.